The van der Waals surface area contributed by atoms with E-state index < -0.39 is 0 Å². The smallest absolute Gasteiger partial charge is 0.140 e. The molecule has 0 saturated heterocycles. The van der Waals surface area contributed by atoms with Crippen LogP contribution in [0.5, 0.6) is 5.75 Å². The minimum atomic E-state index is -0.364. The van der Waals surface area contributed by atoms with Crippen molar-refractivity contribution in [1.29, 1.82) is 0 Å². The molecule has 0 atom stereocenters. The molecule has 0 bridgehead atoms. The van der Waals surface area contributed by atoms with E-state index in [1.54, 1.807) is 37.7 Å². The van der Waals surface area contributed by atoms with Crippen molar-refractivity contribution in [2.24, 2.45) is 4.99 Å². The maximum absolute atomic E-state index is 14.4. The van der Waals surface area contributed by atoms with Gasteiger partial charge in [0.2, 0.25) is 0 Å². The molecule has 3 aromatic rings. The van der Waals surface area contributed by atoms with Gasteiger partial charge in [-0.2, -0.15) is 0 Å². The molecule has 2 aromatic carbocycles. The van der Waals surface area contributed by atoms with Crippen LogP contribution < -0.4 is 5.32 Å². The Morgan fingerprint density at radius 2 is 2.03 bits per heavy atom. The number of methoxy groups -OCH3 is 1. The molecule has 0 aliphatic rings. The fourth-order valence-electron chi connectivity index (χ4n) is 3.05. The van der Waals surface area contributed by atoms with Crippen molar-refractivity contribution < 1.29 is 14.2 Å². The Bertz CT molecular complexity index is 1070. The van der Waals surface area contributed by atoms with Gasteiger partial charge in [-0.15, -0.1) is 0 Å². The first-order valence-corrected chi connectivity index (χ1v) is 9.50. The van der Waals surface area contributed by atoms with Crippen LogP contribution in [-0.2, 0) is 4.74 Å². The minimum Gasteiger partial charge on any atom is -0.506 e. The second kappa shape index (κ2) is 9.80. The predicted octanol–water partition coefficient (Wildman–Crippen LogP) is 5.13. The first-order chi connectivity index (χ1) is 14.5. The van der Waals surface area contributed by atoms with Crippen LogP contribution in [0.1, 0.15) is 18.1 Å². The third-order valence-electron chi connectivity index (χ3n) is 4.62. The summed E-state index contributed by atoms with van der Waals surface area (Å²) in [5.41, 5.74) is 4.09. The van der Waals surface area contributed by atoms with Crippen molar-refractivity contribution in [2.45, 2.75) is 6.92 Å². The number of nitrogens with one attached hydrogen (secondary N) is 1. The van der Waals surface area contributed by atoms with Crippen molar-refractivity contribution in [3.63, 3.8) is 0 Å². The average molecular weight is 405 g/mol. The molecule has 0 aliphatic carbocycles. The molecule has 154 valence electrons. The number of nitrogens with zero attached hydrogens (tertiary/aromatic N) is 2. The lowest BCUT2D eigenvalue weighted by molar-refractivity contribution is 0.208. The number of hydrogen-bond acceptors (Lipinski definition) is 5. The van der Waals surface area contributed by atoms with E-state index in [-0.39, 0.29) is 11.6 Å². The molecule has 0 aliphatic heterocycles. The number of phenolic OH excluding ortho intramolecular Hbond substituents is 1. The largest absolute Gasteiger partial charge is 0.506 e. The number of pyridine rings is 1. The fourth-order valence-corrected chi connectivity index (χ4v) is 3.05. The summed E-state index contributed by atoms with van der Waals surface area (Å²) in [7, 11) is 1.61. The van der Waals surface area contributed by atoms with Gasteiger partial charge in [0.05, 0.1) is 18.8 Å². The van der Waals surface area contributed by atoms with Crippen LogP contribution in [0.25, 0.3) is 16.8 Å². The fraction of sp³-hybridized carbons (Fsp3) is 0.167. The summed E-state index contributed by atoms with van der Waals surface area (Å²) < 4.78 is 19.4. The quantitative estimate of drug-likeness (QED) is 0.310. The summed E-state index contributed by atoms with van der Waals surface area (Å²) in [6, 6.07) is 13.5. The Labute approximate surface area is 175 Å². The first kappa shape index (κ1) is 21.2. The van der Waals surface area contributed by atoms with E-state index in [0.717, 1.165) is 5.56 Å². The molecule has 0 unspecified atom stereocenters. The topological polar surface area (TPSA) is 66.7 Å². The van der Waals surface area contributed by atoms with Crippen molar-refractivity contribution in [3.8, 4) is 16.9 Å². The van der Waals surface area contributed by atoms with Crippen LogP contribution in [0.15, 0.2) is 72.5 Å². The van der Waals surface area contributed by atoms with Crippen LogP contribution in [0.2, 0.25) is 0 Å². The molecule has 0 amide bonds. The van der Waals surface area contributed by atoms with E-state index >= 15 is 0 Å². The third kappa shape index (κ3) is 4.90. The number of aromatic hydroxyl groups is 1. The lowest BCUT2D eigenvalue weighted by Gasteiger charge is -2.18. The van der Waals surface area contributed by atoms with Crippen molar-refractivity contribution in [3.05, 3.63) is 84.4 Å². The minimum absolute atomic E-state index is 0.0305. The van der Waals surface area contributed by atoms with E-state index in [1.807, 2.05) is 25.1 Å². The number of halogens is 1. The van der Waals surface area contributed by atoms with E-state index in [2.05, 4.69) is 21.9 Å². The number of rotatable bonds is 8. The van der Waals surface area contributed by atoms with Crippen LogP contribution in [0, 0.1) is 5.82 Å². The van der Waals surface area contributed by atoms with E-state index in [1.165, 1.54) is 12.1 Å². The number of hydrogen-bond donors (Lipinski definition) is 2. The summed E-state index contributed by atoms with van der Waals surface area (Å²) in [5, 5.41) is 14.0. The van der Waals surface area contributed by atoms with Gasteiger partial charge in [0.15, 0.2) is 0 Å². The monoisotopic (exact) mass is 405 g/mol. The summed E-state index contributed by atoms with van der Waals surface area (Å²) in [5.74, 6) is -0.394. The highest BCUT2D eigenvalue weighted by Gasteiger charge is 2.16. The summed E-state index contributed by atoms with van der Waals surface area (Å²) in [4.78, 5) is 8.63. The number of benzene rings is 2. The lowest BCUT2D eigenvalue weighted by Crippen LogP contribution is -2.07. The van der Waals surface area contributed by atoms with Crippen molar-refractivity contribution in [1.82, 2.24) is 4.98 Å². The predicted molar refractivity (Wildman–Crippen MR) is 119 cm³/mol. The lowest BCUT2D eigenvalue weighted by atomic mass is 9.98. The molecule has 1 aromatic heterocycles. The molecule has 0 spiro atoms. The third-order valence-corrected chi connectivity index (χ3v) is 4.62. The Hall–Kier alpha value is -3.51. The molecular weight excluding hydrogens is 381 g/mol. The Morgan fingerprint density at radius 3 is 2.73 bits per heavy atom. The van der Waals surface area contributed by atoms with Crippen LogP contribution in [-0.4, -0.2) is 36.1 Å². The molecule has 30 heavy (non-hydrogen) atoms. The maximum atomic E-state index is 14.4. The molecule has 0 radical (unpaired) electrons. The Morgan fingerprint density at radius 1 is 1.23 bits per heavy atom. The molecule has 3 rings (SSSR count). The zero-order valence-electron chi connectivity index (χ0n) is 17.0. The molecule has 2 N–H and O–H groups in total. The van der Waals surface area contributed by atoms with Gasteiger partial charge in [-0.1, -0.05) is 24.8 Å². The average Bonchev–Trinajstić information content (AvgIpc) is 2.76. The van der Waals surface area contributed by atoms with Gasteiger partial charge in [0.25, 0.3) is 0 Å². The van der Waals surface area contributed by atoms with Crippen LogP contribution in [0.3, 0.4) is 0 Å². The summed E-state index contributed by atoms with van der Waals surface area (Å²) in [6.07, 6.45) is 3.36. The van der Waals surface area contributed by atoms with Gasteiger partial charge in [0, 0.05) is 47.6 Å². The van der Waals surface area contributed by atoms with Gasteiger partial charge < -0.3 is 15.2 Å². The molecule has 6 heteroatoms. The number of aliphatic imine (C=N–C) groups is 1. The Balaban J connectivity index is 2.07. The van der Waals surface area contributed by atoms with Crippen molar-refractivity contribution in [2.75, 3.05) is 25.6 Å². The number of ether oxygens (including phenoxy) is 1. The number of phenols is 1. The van der Waals surface area contributed by atoms with Gasteiger partial charge in [-0.25, -0.2) is 4.39 Å². The van der Waals surface area contributed by atoms with Gasteiger partial charge in [-0.05, 0) is 42.8 Å². The zero-order valence-corrected chi connectivity index (χ0v) is 17.0. The van der Waals surface area contributed by atoms with Crippen LogP contribution >= 0.6 is 0 Å². The highest BCUT2D eigenvalue weighted by molar-refractivity contribution is 6.07. The normalized spacial score (nSPS) is 11.4. The van der Waals surface area contributed by atoms with Crippen LogP contribution in [0.4, 0.5) is 10.1 Å². The van der Waals surface area contributed by atoms with E-state index in [4.69, 9.17) is 4.74 Å². The van der Waals surface area contributed by atoms with Gasteiger partial charge >= 0.3 is 0 Å². The standard InChI is InChI=1S/C24H24FN3O2/c1-16(18-7-6-10-26-15-18)28-24-21(17(2)27-11-12-30-3)13-19(14-23(24)29)20-8-4-5-9-22(20)25/h4-10,13-15,28-29H,1,11-12H2,2-3H3. The summed E-state index contributed by atoms with van der Waals surface area (Å²) in [6.45, 7) is 6.83. The van der Waals surface area contributed by atoms with E-state index in [0.29, 0.717) is 46.9 Å². The SMILES string of the molecule is C=C(Nc1c(O)cc(-c2ccccc2F)cc1C(C)=NCCOC)c1cccnc1. The highest BCUT2D eigenvalue weighted by atomic mass is 19.1. The second-order valence-corrected chi connectivity index (χ2v) is 6.70. The van der Waals surface area contributed by atoms with E-state index in [9.17, 15) is 9.50 Å². The number of aromatic nitrogens is 1. The molecule has 0 saturated carbocycles. The maximum Gasteiger partial charge on any atom is 0.140 e. The van der Waals surface area contributed by atoms with Gasteiger partial charge in [0.1, 0.15) is 11.6 Å². The zero-order chi connectivity index (χ0) is 21.5. The summed E-state index contributed by atoms with van der Waals surface area (Å²) >= 11 is 0. The number of anilines is 1. The molecule has 1 heterocycles. The van der Waals surface area contributed by atoms with Crippen molar-refractivity contribution >= 4 is 17.1 Å². The molecular formula is C24H24FN3O2. The second-order valence-electron chi connectivity index (χ2n) is 6.70. The first-order valence-electron chi connectivity index (χ1n) is 9.50. The Kier molecular flexibility index (Phi) is 6.93. The molecule has 0 fully saturated rings. The van der Waals surface area contributed by atoms with Gasteiger partial charge in [-0.3, -0.25) is 9.98 Å². The molecule has 5 nitrogen and oxygen atoms in total. The highest BCUT2D eigenvalue weighted by Crippen LogP contribution is 2.36.